The molecule has 0 spiro atoms. The van der Waals surface area contributed by atoms with Crippen LogP contribution >= 0.6 is 11.3 Å². The fourth-order valence-electron chi connectivity index (χ4n) is 3.93. The summed E-state index contributed by atoms with van der Waals surface area (Å²) in [5.74, 6) is 2.12. The topological polar surface area (TPSA) is 37.8 Å². The van der Waals surface area contributed by atoms with Crippen LogP contribution in [0.25, 0.3) is 0 Å². The summed E-state index contributed by atoms with van der Waals surface area (Å²) in [5.41, 5.74) is 3.11. The number of rotatable bonds is 4. The SMILES string of the molecule is CCC(NC)c1nnc(C2C3CCc4ccccc4C32)s1. The Morgan fingerprint density at radius 1 is 1.29 bits per heavy atom. The van der Waals surface area contributed by atoms with Crippen molar-refractivity contribution in [3.8, 4) is 0 Å². The van der Waals surface area contributed by atoms with Gasteiger partial charge in [0.25, 0.3) is 0 Å². The average molecular weight is 299 g/mol. The van der Waals surface area contributed by atoms with Crippen molar-refractivity contribution in [2.24, 2.45) is 5.92 Å². The minimum Gasteiger partial charge on any atom is -0.311 e. The van der Waals surface area contributed by atoms with E-state index in [1.54, 1.807) is 11.1 Å². The molecule has 2 aliphatic carbocycles. The zero-order valence-corrected chi connectivity index (χ0v) is 13.4. The van der Waals surface area contributed by atoms with Gasteiger partial charge in [-0.05, 0) is 49.3 Å². The van der Waals surface area contributed by atoms with E-state index in [1.807, 2.05) is 18.4 Å². The van der Waals surface area contributed by atoms with Crippen LogP contribution in [-0.2, 0) is 6.42 Å². The summed E-state index contributed by atoms with van der Waals surface area (Å²) in [4.78, 5) is 0. The monoisotopic (exact) mass is 299 g/mol. The largest absolute Gasteiger partial charge is 0.311 e. The highest BCUT2D eigenvalue weighted by molar-refractivity contribution is 7.11. The van der Waals surface area contributed by atoms with Crippen molar-refractivity contribution in [2.75, 3.05) is 7.05 Å². The standard InChI is InChI=1S/C17H21N3S/c1-3-13(18-2)16-19-20-17(21-16)15-12-9-8-10-6-4-5-7-11(10)14(12)15/h4-7,12-15,18H,3,8-9H2,1-2H3. The number of fused-ring (bicyclic) bond motifs is 3. The Morgan fingerprint density at radius 3 is 2.95 bits per heavy atom. The molecule has 4 unspecified atom stereocenters. The second-order valence-electron chi connectivity index (χ2n) is 6.18. The molecule has 0 radical (unpaired) electrons. The number of hydrogen-bond donors (Lipinski definition) is 1. The van der Waals surface area contributed by atoms with Gasteiger partial charge in [0.15, 0.2) is 0 Å². The number of hydrogen-bond acceptors (Lipinski definition) is 4. The van der Waals surface area contributed by atoms with Crippen molar-refractivity contribution in [2.45, 2.75) is 44.1 Å². The summed E-state index contributed by atoms with van der Waals surface area (Å²) in [5, 5.41) is 14.7. The Bertz CT molecular complexity index is 647. The molecule has 4 rings (SSSR count). The number of nitrogens with zero attached hydrogens (tertiary/aromatic N) is 2. The van der Waals surface area contributed by atoms with Gasteiger partial charge in [-0.2, -0.15) is 0 Å². The lowest BCUT2D eigenvalue weighted by atomic mass is 9.92. The Labute approximate surface area is 129 Å². The molecule has 1 aromatic carbocycles. The molecule has 4 atom stereocenters. The maximum Gasteiger partial charge on any atom is 0.134 e. The Morgan fingerprint density at radius 2 is 2.14 bits per heavy atom. The van der Waals surface area contributed by atoms with Crippen LogP contribution in [0.15, 0.2) is 24.3 Å². The Kier molecular flexibility index (Phi) is 3.31. The fraction of sp³-hybridized carbons (Fsp3) is 0.529. The molecule has 1 saturated carbocycles. The normalized spacial score (nSPS) is 27.8. The van der Waals surface area contributed by atoms with Gasteiger partial charge in [0.1, 0.15) is 10.0 Å². The predicted molar refractivity (Wildman–Crippen MR) is 85.7 cm³/mol. The third kappa shape index (κ3) is 2.12. The van der Waals surface area contributed by atoms with Crippen LogP contribution in [-0.4, -0.2) is 17.2 Å². The lowest BCUT2D eigenvalue weighted by molar-refractivity contribution is 0.568. The van der Waals surface area contributed by atoms with E-state index in [0.29, 0.717) is 17.9 Å². The summed E-state index contributed by atoms with van der Waals surface area (Å²) in [6, 6.07) is 9.30. The van der Waals surface area contributed by atoms with Crippen molar-refractivity contribution in [3.63, 3.8) is 0 Å². The number of nitrogens with one attached hydrogen (secondary N) is 1. The molecule has 110 valence electrons. The zero-order chi connectivity index (χ0) is 14.4. The van der Waals surface area contributed by atoms with Gasteiger partial charge in [-0.1, -0.05) is 42.5 Å². The second kappa shape index (κ2) is 5.18. The highest BCUT2D eigenvalue weighted by Crippen LogP contribution is 2.65. The first-order valence-electron chi connectivity index (χ1n) is 7.91. The second-order valence-corrected chi connectivity index (χ2v) is 7.22. The van der Waals surface area contributed by atoms with Gasteiger partial charge >= 0.3 is 0 Å². The molecule has 1 N–H and O–H groups in total. The molecular formula is C17H21N3S. The molecule has 0 bridgehead atoms. The first kappa shape index (κ1) is 13.4. The van der Waals surface area contributed by atoms with Crippen LogP contribution in [0.3, 0.4) is 0 Å². The number of benzene rings is 1. The molecule has 1 heterocycles. The smallest absolute Gasteiger partial charge is 0.134 e. The lowest BCUT2D eigenvalue weighted by Gasteiger charge is -2.13. The minimum absolute atomic E-state index is 0.351. The molecule has 4 heteroatoms. The zero-order valence-electron chi connectivity index (χ0n) is 12.5. The van der Waals surface area contributed by atoms with E-state index in [9.17, 15) is 0 Å². The van der Waals surface area contributed by atoms with Crippen LogP contribution < -0.4 is 5.32 Å². The number of aryl methyl sites for hydroxylation is 1. The fourth-order valence-corrected chi connectivity index (χ4v) is 5.19. The van der Waals surface area contributed by atoms with E-state index in [4.69, 9.17) is 0 Å². The molecule has 1 aromatic heterocycles. The quantitative estimate of drug-likeness (QED) is 0.936. The van der Waals surface area contributed by atoms with Crippen LogP contribution in [0.4, 0.5) is 0 Å². The van der Waals surface area contributed by atoms with Crippen LogP contribution in [0.2, 0.25) is 0 Å². The maximum atomic E-state index is 4.52. The minimum atomic E-state index is 0.351. The summed E-state index contributed by atoms with van der Waals surface area (Å²) in [6.07, 6.45) is 3.60. The van der Waals surface area contributed by atoms with Crippen LogP contribution in [0.1, 0.15) is 58.8 Å². The van der Waals surface area contributed by atoms with E-state index >= 15 is 0 Å². The molecule has 0 aliphatic heterocycles. The summed E-state index contributed by atoms with van der Waals surface area (Å²) < 4.78 is 0. The summed E-state index contributed by atoms with van der Waals surface area (Å²) >= 11 is 1.82. The van der Waals surface area contributed by atoms with Crippen LogP contribution in [0.5, 0.6) is 0 Å². The predicted octanol–water partition coefficient (Wildman–Crippen LogP) is 3.65. The van der Waals surface area contributed by atoms with E-state index in [1.165, 1.54) is 17.8 Å². The van der Waals surface area contributed by atoms with Crippen molar-refractivity contribution >= 4 is 11.3 Å². The maximum absolute atomic E-state index is 4.52. The molecule has 0 amide bonds. The van der Waals surface area contributed by atoms with Gasteiger partial charge in [0, 0.05) is 5.92 Å². The van der Waals surface area contributed by atoms with Crippen molar-refractivity contribution in [1.82, 2.24) is 15.5 Å². The van der Waals surface area contributed by atoms with Gasteiger partial charge in [-0.15, -0.1) is 10.2 Å². The summed E-state index contributed by atoms with van der Waals surface area (Å²) in [7, 11) is 2.00. The highest BCUT2D eigenvalue weighted by atomic mass is 32.1. The molecular weight excluding hydrogens is 278 g/mol. The molecule has 1 fully saturated rings. The van der Waals surface area contributed by atoms with Crippen molar-refractivity contribution in [1.29, 1.82) is 0 Å². The Balaban J connectivity index is 1.60. The Hall–Kier alpha value is -1.26. The van der Waals surface area contributed by atoms with E-state index in [2.05, 4.69) is 46.7 Å². The first-order chi connectivity index (χ1) is 10.3. The average Bonchev–Trinajstić information content (AvgIpc) is 3.09. The molecule has 3 nitrogen and oxygen atoms in total. The molecule has 21 heavy (non-hydrogen) atoms. The molecule has 2 aliphatic rings. The first-order valence-corrected chi connectivity index (χ1v) is 8.73. The highest BCUT2D eigenvalue weighted by Gasteiger charge is 2.55. The third-order valence-corrected chi connectivity index (χ3v) is 6.26. The lowest BCUT2D eigenvalue weighted by Crippen LogP contribution is -2.14. The third-order valence-electron chi connectivity index (χ3n) is 5.13. The van der Waals surface area contributed by atoms with Gasteiger partial charge < -0.3 is 5.32 Å². The van der Waals surface area contributed by atoms with Crippen molar-refractivity contribution < 1.29 is 0 Å². The summed E-state index contributed by atoms with van der Waals surface area (Å²) in [6.45, 7) is 2.19. The van der Waals surface area contributed by atoms with Crippen molar-refractivity contribution in [3.05, 3.63) is 45.4 Å². The van der Waals surface area contributed by atoms with E-state index in [-0.39, 0.29) is 0 Å². The van der Waals surface area contributed by atoms with E-state index in [0.717, 1.165) is 17.3 Å². The number of aromatic nitrogens is 2. The van der Waals surface area contributed by atoms with E-state index < -0.39 is 0 Å². The van der Waals surface area contributed by atoms with Crippen LogP contribution in [0, 0.1) is 5.92 Å². The molecule has 0 saturated heterocycles. The van der Waals surface area contributed by atoms with Gasteiger partial charge in [-0.25, -0.2) is 0 Å². The van der Waals surface area contributed by atoms with Gasteiger partial charge in [-0.3, -0.25) is 0 Å². The van der Waals surface area contributed by atoms with Gasteiger partial charge in [0.2, 0.25) is 0 Å². The molecule has 2 aromatic rings. The van der Waals surface area contributed by atoms with Gasteiger partial charge in [0.05, 0.1) is 6.04 Å².